The van der Waals surface area contributed by atoms with E-state index >= 15 is 0 Å². The minimum Gasteiger partial charge on any atom is -0.482 e. The first-order valence-corrected chi connectivity index (χ1v) is 12.7. The van der Waals surface area contributed by atoms with Crippen molar-refractivity contribution >= 4 is 29.4 Å². The minimum absolute atomic E-state index is 0.00844. The summed E-state index contributed by atoms with van der Waals surface area (Å²) in [6.07, 6.45) is 4.98. The lowest BCUT2D eigenvalue weighted by Gasteiger charge is -2.53. The normalized spacial score (nSPS) is 32.1. The van der Waals surface area contributed by atoms with Crippen molar-refractivity contribution in [2.45, 2.75) is 31.2 Å². The van der Waals surface area contributed by atoms with E-state index in [2.05, 4.69) is 34.9 Å². The molecule has 2 fully saturated rings. The Hall–Kier alpha value is -3.71. The number of aldehydes is 1. The van der Waals surface area contributed by atoms with Gasteiger partial charge in [-0.2, -0.15) is 0 Å². The van der Waals surface area contributed by atoms with Gasteiger partial charge in [0.15, 0.2) is 6.61 Å². The highest BCUT2D eigenvalue weighted by Crippen LogP contribution is 2.63. The maximum atomic E-state index is 13.8. The number of carbonyl (C=O) groups excluding carboxylic acids is 3. The molecule has 5 aliphatic rings. The van der Waals surface area contributed by atoms with Gasteiger partial charge in [0.25, 0.3) is 5.91 Å². The summed E-state index contributed by atoms with van der Waals surface area (Å²) in [5.74, 6) is 0.537. The fourth-order valence-corrected chi connectivity index (χ4v) is 7.76. The van der Waals surface area contributed by atoms with E-state index < -0.39 is 0 Å². The van der Waals surface area contributed by atoms with E-state index in [-0.39, 0.29) is 35.7 Å². The molecule has 2 aromatic carbocycles. The van der Waals surface area contributed by atoms with Gasteiger partial charge in [-0.3, -0.25) is 14.4 Å². The number of piperidine rings is 1. The molecule has 36 heavy (non-hydrogen) atoms. The average Bonchev–Trinajstić information content (AvgIpc) is 3.42. The van der Waals surface area contributed by atoms with Crippen LogP contribution in [0.2, 0.25) is 0 Å². The molecule has 2 bridgehead atoms. The Labute approximate surface area is 209 Å². The summed E-state index contributed by atoms with van der Waals surface area (Å²) >= 11 is 0. The Balaban J connectivity index is 1.32. The van der Waals surface area contributed by atoms with E-state index in [4.69, 9.17) is 4.74 Å². The number of nitrogens with zero attached hydrogens (tertiary/aromatic N) is 1. The molecule has 0 saturated carbocycles. The van der Waals surface area contributed by atoms with Crippen molar-refractivity contribution in [3.8, 4) is 5.75 Å². The van der Waals surface area contributed by atoms with E-state index in [0.29, 0.717) is 28.0 Å². The van der Waals surface area contributed by atoms with Crippen molar-refractivity contribution in [1.82, 2.24) is 0 Å². The maximum Gasteiger partial charge on any atom is 0.262 e. The molecule has 1 unspecified atom stereocenters. The lowest BCUT2D eigenvalue weighted by Crippen LogP contribution is -2.64. The Morgan fingerprint density at radius 1 is 1.19 bits per heavy atom. The Bertz CT molecular complexity index is 1430. The van der Waals surface area contributed by atoms with Crippen molar-refractivity contribution in [1.29, 1.82) is 0 Å². The molecule has 2 N–H and O–H groups in total. The van der Waals surface area contributed by atoms with E-state index in [1.165, 1.54) is 11.1 Å². The topological polar surface area (TPSA) is 84.5 Å². The van der Waals surface area contributed by atoms with Crippen LogP contribution in [0.3, 0.4) is 0 Å². The number of carbonyl (C=O) groups is 3. The van der Waals surface area contributed by atoms with E-state index in [9.17, 15) is 14.4 Å². The van der Waals surface area contributed by atoms with Gasteiger partial charge in [-0.15, -0.1) is 0 Å². The molecule has 7 rings (SSSR count). The molecule has 4 aliphatic heterocycles. The summed E-state index contributed by atoms with van der Waals surface area (Å²) in [4.78, 5) is 38.1. The maximum absolute atomic E-state index is 13.8. The van der Waals surface area contributed by atoms with Crippen LogP contribution < -0.4 is 15.4 Å². The zero-order valence-corrected chi connectivity index (χ0v) is 20.2. The first-order valence-electron chi connectivity index (χ1n) is 12.7. The molecule has 1 spiro atoms. The Kier molecular flexibility index (Phi) is 4.43. The Morgan fingerprint density at radius 2 is 2.06 bits per heavy atom. The number of fused-ring (bicyclic) bond motifs is 3. The lowest BCUT2D eigenvalue weighted by atomic mass is 9.61. The zero-order valence-electron chi connectivity index (χ0n) is 20.2. The number of benzene rings is 2. The van der Waals surface area contributed by atoms with E-state index in [1.54, 1.807) is 18.2 Å². The van der Waals surface area contributed by atoms with Crippen LogP contribution in [0.5, 0.6) is 5.75 Å². The average molecular weight is 483 g/mol. The molecule has 182 valence electrons. The molecular weight excluding hydrogens is 454 g/mol. The van der Waals surface area contributed by atoms with Crippen LogP contribution in [-0.4, -0.2) is 54.7 Å². The molecule has 1 aliphatic carbocycles. The largest absolute Gasteiger partial charge is 0.482 e. The molecule has 7 nitrogen and oxygen atoms in total. The Morgan fingerprint density at radius 3 is 2.89 bits per heavy atom. The highest BCUT2D eigenvalue weighted by Gasteiger charge is 2.68. The fraction of sp³-hybridized carbons (Fsp3) is 0.345. The van der Waals surface area contributed by atoms with Gasteiger partial charge in [0, 0.05) is 41.3 Å². The van der Waals surface area contributed by atoms with Gasteiger partial charge in [-0.25, -0.2) is 0 Å². The molecule has 4 atom stereocenters. The first-order chi connectivity index (χ1) is 17.5. The number of hydrogen-bond donors (Lipinski definition) is 2. The number of para-hydroxylation sites is 1. The summed E-state index contributed by atoms with van der Waals surface area (Å²) < 4.78 is 6.17. The monoisotopic (exact) mass is 482 g/mol. The standard InChI is InChI=1S/C29H27N3O4/c1-2-17-13-32(14-24(34)18-7-8-25-23(11-18)30-27(35)16-36-25)10-9-29-21-5-3-4-6-22(21)31-28(29)20(15-33)19(17)12-26(29)32/h2-8,11,15,19,26H,9-10,12-14,16H2,1H3,(H-,30,31,33,35)/p+1/b17-2-/t19-,26-,29+,32?/m0/s1. The molecule has 7 heteroatoms. The van der Waals surface area contributed by atoms with Gasteiger partial charge in [0.05, 0.1) is 17.6 Å². The summed E-state index contributed by atoms with van der Waals surface area (Å²) in [5, 5.41) is 6.46. The number of rotatable bonds is 4. The number of allylic oxidation sites excluding steroid dienone is 2. The van der Waals surface area contributed by atoms with Crippen LogP contribution >= 0.6 is 0 Å². The van der Waals surface area contributed by atoms with Crippen molar-refractivity contribution in [2.24, 2.45) is 5.92 Å². The second kappa shape index (κ2) is 7.40. The van der Waals surface area contributed by atoms with Crippen LogP contribution in [-0.2, 0) is 15.0 Å². The number of hydrogen-bond acceptors (Lipinski definition) is 5. The second-order valence-electron chi connectivity index (χ2n) is 10.7. The van der Waals surface area contributed by atoms with Gasteiger partial charge < -0.3 is 19.9 Å². The fourth-order valence-electron chi connectivity index (χ4n) is 7.76. The predicted molar refractivity (Wildman–Crippen MR) is 135 cm³/mol. The SMILES string of the molecule is C/C=C1/C[N+]2(CC(=O)c3ccc4c(c3)NC(=O)CO4)CC[C@]34C(=C(C=O)[C@H]1C[C@@H]32)Nc1ccccc14. The van der Waals surface area contributed by atoms with Crippen LogP contribution in [0.15, 0.2) is 65.4 Å². The van der Waals surface area contributed by atoms with E-state index in [1.807, 2.05) is 13.0 Å². The second-order valence-corrected chi connectivity index (χ2v) is 10.7. The van der Waals surface area contributed by atoms with Crippen molar-refractivity contribution in [3.63, 3.8) is 0 Å². The quantitative estimate of drug-likeness (QED) is 0.301. The molecular formula is C29H28N3O4+. The molecule has 0 aromatic heterocycles. The van der Waals surface area contributed by atoms with E-state index in [0.717, 1.165) is 49.2 Å². The first kappa shape index (κ1) is 21.6. The number of anilines is 2. The molecule has 4 heterocycles. The molecule has 1 amide bonds. The third-order valence-electron chi connectivity index (χ3n) is 9.25. The smallest absolute Gasteiger partial charge is 0.262 e. The summed E-state index contributed by atoms with van der Waals surface area (Å²) in [6, 6.07) is 13.9. The van der Waals surface area contributed by atoms with Crippen LogP contribution in [0.25, 0.3) is 0 Å². The number of Topliss-reactive ketones (excluding diaryl/α,β-unsaturated/α-hetero) is 1. The van der Waals surface area contributed by atoms with Crippen LogP contribution in [0.1, 0.15) is 35.7 Å². The van der Waals surface area contributed by atoms with Gasteiger partial charge >= 0.3 is 0 Å². The number of ether oxygens (including phenoxy) is 1. The summed E-state index contributed by atoms with van der Waals surface area (Å²) in [6.45, 7) is 4.07. The third-order valence-corrected chi connectivity index (χ3v) is 9.25. The summed E-state index contributed by atoms with van der Waals surface area (Å²) in [7, 11) is 0. The minimum atomic E-state index is -0.263. The number of amides is 1. The molecule has 2 saturated heterocycles. The van der Waals surface area contributed by atoms with Gasteiger partial charge in [0.2, 0.25) is 5.78 Å². The third kappa shape index (κ3) is 2.69. The predicted octanol–water partition coefficient (Wildman–Crippen LogP) is 3.59. The van der Waals surface area contributed by atoms with Crippen molar-refractivity contribution < 1.29 is 23.6 Å². The number of quaternary nitrogens is 1. The highest BCUT2D eigenvalue weighted by molar-refractivity contribution is 6.01. The van der Waals surface area contributed by atoms with Crippen molar-refractivity contribution in [2.75, 3.05) is 36.9 Å². The summed E-state index contributed by atoms with van der Waals surface area (Å²) in [5.41, 5.74) is 6.39. The highest BCUT2D eigenvalue weighted by atomic mass is 16.5. The lowest BCUT2D eigenvalue weighted by molar-refractivity contribution is -0.934. The van der Waals surface area contributed by atoms with Gasteiger partial charge in [0.1, 0.15) is 31.2 Å². The molecule has 0 radical (unpaired) electrons. The number of ketones is 1. The van der Waals surface area contributed by atoms with Gasteiger partial charge in [-0.05, 0) is 42.3 Å². The molecule has 2 aromatic rings. The van der Waals surface area contributed by atoms with Gasteiger partial charge in [-0.1, -0.05) is 24.3 Å². The van der Waals surface area contributed by atoms with Crippen molar-refractivity contribution in [3.05, 3.63) is 76.5 Å². The van der Waals surface area contributed by atoms with Crippen LogP contribution in [0, 0.1) is 5.92 Å². The number of nitrogens with one attached hydrogen (secondary N) is 2. The van der Waals surface area contributed by atoms with Crippen LogP contribution in [0.4, 0.5) is 11.4 Å². The zero-order chi connectivity index (χ0) is 24.7.